The van der Waals surface area contributed by atoms with Crippen LogP contribution in [0.4, 0.5) is 13.2 Å². The maximum atomic E-state index is 12.1. The molecule has 0 spiro atoms. The number of nitrogens with one attached hydrogen (secondary N) is 1. The molecule has 0 aromatic heterocycles. The lowest BCUT2D eigenvalue weighted by Gasteiger charge is -2.15. The van der Waals surface area contributed by atoms with Gasteiger partial charge in [-0.15, -0.1) is 0 Å². The molecule has 1 unspecified atom stereocenters. The van der Waals surface area contributed by atoms with Gasteiger partial charge in [0.25, 0.3) is 0 Å². The minimum absolute atomic E-state index is 0.124. The Labute approximate surface area is 110 Å². The van der Waals surface area contributed by atoms with E-state index in [2.05, 4.69) is 5.32 Å². The van der Waals surface area contributed by atoms with Crippen molar-refractivity contribution < 1.29 is 21.6 Å². The molecule has 108 valence electrons. The Kier molecular flexibility index (Phi) is 4.98. The Morgan fingerprint density at radius 3 is 2.21 bits per heavy atom. The predicted octanol–water partition coefficient (Wildman–Crippen LogP) is 2.31. The van der Waals surface area contributed by atoms with E-state index in [-0.39, 0.29) is 11.4 Å². The molecule has 19 heavy (non-hydrogen) atoms. The van der Waals surface area contributed by atoms with Crippen molar-refractivity contribution in [2.45, 2.75) is 30.2 Å². The molecule has 0 fully saturated rings. The van der Waals surface area contributed by atoms with Crippen molar-refractivity contribution in [1.82, 2.24) is 5.32 Å². The SMILES string of the molecule is Cc1ccc(S(=O)(=O)C(C)CNCC(F)(F)F)cc1. The van der Waals surface area contributed by atoms with Crippen molar-refractivity contribution in [1.29, 1.82) is 0 Å². The van der Waals surface area contributed by atoms with E-state index in [1.54, 1.807) is 12.1 Å². The summed E-state index contributed by atoms with van der Waals surface area (Å²) in [4.78, 5) is 0.124. The molecule has 0 aliphatic heterocycles. The highest BCUT2D eigenvalue weighted by atomic mass is 32.2. The zero-order valence-corrected chi connectivity index (χ0v) is 11.5. The maximum Gasteiger partial charge on any atom is 0.401 e. The molecule has 1 atom stereocenters. The van der Waals surface area contributed by atoms with Crippen molar-refractivity contribution in [3.05, 3.63) is 29.8 Å². The van der Waals surface area contributed by atoms with Crippen LogP contribution in [-0.2, 0) is 9.84 Å². The van der Waals surface area contributed by atoms with Crippen LogP contribution >= 0.6 is 0 Å². The minimum Gasteiger partial charge on any atom is -0.307 e. The van der Waals surface area contributed by atoms with E-state index in [4.69, 9.17) is 0 Å². The van der Waals surface area contributed by atoms with Crippen molar-refractivity contribution in [2.24, 2.45) is 0 Å². The summed E-state index contributed by atoms with van der Waals surface area (Å²) in [6.07, 6.45) is -4.34. The maximum absolute atomic E-state index is 12.1. The molecule has 1 aromatic rings. The lowest BCUT2D eigenvalue weighted by molar-refractivity contribution is -0.124. The summed E-state index contributed by atoms with van der Waals surface area (Å²) < 4.78 is 60.0. The van der Waals surface area contributed by atoms with Gasteiger partial charge in [-0.05, 0) is 26.0 Å². The second-order valence-corrected chi connectivity index (χ2v) is 6.78. The minimum atomic E-state index is -4.34. The topological polar surface area (TPSA) is 46.2 Å². The second-order valence-electron chi connectivity index (χ2n) is 4.41. The quantitative estimate of drug-likeness (QED) is 0.906. The highest BCUT2D eigenvalue weighted by Crippen LogP contribution is 2.17. The molecule has 1 rings (SSSR count). The summed E-state index contributed by atoms with van der Waals surface area (Å²) in [6.45, 7) is 1.78. The zero-order valence-electron chi connectivity index (χ0n) is 10.7. The molecule has 0 radical (unpaired) electrons. The predicted molar refractivity (Wildman–Crippen MR) is 66.8 cm³/mol. The molecule has 0 aliphatic rings. The van der Waals surface area contributed by atoms with Gasteiger partial charge in [0.15, 0.2) is 9.84 Å². The number of sulfone groups is 1. The molecule has 0 aliphatic carbocycles. The van der Waals surface area contributed by atoms with Gasteiger partial charge in [-0.1, -0.05) is 17.7 Å². The van der Waals surface area contributed by atoms with Crippen LogP contribution in [0.15, 0.2) is 29.2 Å². The van der Waals surface area contributed by atoms with Crippen LogP contribution in [0.1, 0.15) is 12.5 Å². The van der Waals surface area contributed by atoms with E-state index < -0.39 is 27.8 Å². The molecule has 0 amide bonds. The number of alkyl halides is 3. The Morgan fingerprint density at radius 1 is 1.21 bits per heavy atom. The third-order valence-corrected chi connectivity index (χ3v) is 4.79. The highest BCUT2D eigenvalue weighted by Gasteiger charge is 2.28. The molecule has 1 aromatic carbocycles. The lowest BCUT2D eigenvalue weighted by atomic mass is 10.2. The van der Waals surface area contributed by atoms with Gasteiger partial charge in [-0.2, -0.15) is 13.2 Å². The zero-order chi connectivity index (χ0) is 14.7. The van der Waals surface area contributed by atoms with Crippen molar-refractivity contribution in [2.75, 3.05) is 13.1 Å². The van der Waals surface area contributed by atoms with Gasteiger partial charge < -0.3 is 5.32 Å². The molecule has 1 N–H and O–H groups in total. The van der Waals surface area contributed by atoms with E-state index in [1.165, 1.54) is 19.1 Å². The first-order valence-corrected chi connectivity index (χ1v) is 7.25. The number of rotatable bonds is 5. The standard InChI is InChI=1S/C12H16F3NO2S/c1-9-3-5-11(6-4-9)19(17,18)10(2)7-16-8-12(13,14)15/h3-6,10,16H,7-8H2,1-2H3. The smallest absolute Gasteiger partial charge is 0.307 e. The summed E-state index contributed by atoms with van der Waals surface area (Å²) in [7, 11) is -3.60. The third-order valence-electron chi connectivity index (χ3n) is 2.64. The van der Waals surface area contributed by atoms with E-state index in [9.17, 15) is 21.6 Å². The van der Waals surface area contributed by atoms with Crippen molar-refractivity contribution in [3.63, 3.8) is 0 Å². The third kappa shape index (κ3) is 4.83. The van der Waals surface area contributed by atoms with E-state index in [0.717, 1.165) is 5.56 Å². The van der Waals surface area contributed by atoms with E-state index in [0.29, 0.717) is 0 Å². The van der Waals surface area contributed by atoms with Gasteiger partial charge in [-0.3, -0.25) is 0 Å². The summed E-state index contributed by atoms with van der Waals surface area (Å²) in [5, 5.41) is 1.19. The Balaban J connectivity index is 2.69. The summed E-state index contributed by atoms with van der Waals surface area (Å²) >= 11 is 0. The average Bonchev–Trinajstić information content (AvgIpc) is 2.27. The molecule has 3 nitrogen and oxygen atoms in total. The highest BCUT2D eigenvalue weighted by molar-refractivity contribution is 7.92. The fourth-order valence-corrected chi connectivity index (χ4v) is 2.80. The van der Waals surface area contributed by atoms with E-state index >= 15 is 0 Å². The number of benzene rings is 1. The van der Waals surface area contributed by atoms with Crippen LogP contribution in [0.3, 0.4) is 0 Å². The van der Waals surface area contributed by atoms with Crippen LogP contribution in [0.2, 0.25) is 0 Å². The Morgan fingerprint density at radius 2 is 1.74 bits per heavy atom. The van der Waals surface area contributed by atoms with Gasteiger partial charge in [0.05, 0.1) is 16.7 Å². The van der Waals surface area contributed by atoms with Crippen LogP contribution in [0.5, 0.6) is 0 Å². The number of hydrogen-bond donors (Lipinski definition) is 1. The van der Waals surface area contributed by atoms with Crippen LogP contribution < -0.4 is 5.32 Å². The Hall–Kier alpha value is -1.08. The molecule has 0 heterocycles. The van der Waals surface area contributed by atoms with Gasteiger partial charge >= 0.3 is 6.18 Å². The first kappa shape index (κ1) is 16.0. The number of aryl methyl sites for hydroxylation is 1. The molecular formula is C12H16F3NO2S. The summed E-state index contributed by atoms with van der Waals surface area (Å²) in [5.41, 5.74) is 0.918. The van der Waals surface area contributed by atoms with Crippen LogP contribution in [0, 0.1) is 6.92 Å². The van der Waals surface area contributed by atoms with Gasteiger partial charge in [0, 0.05) is 6.54 Å². The van der Waals surface area contributed by atoms with Gasteiger partial charge in [0.2, 0.25) is 0 Å². The Bertz CT molecular complexity index is 509. The van der Waals surface area contributed by atoms with Crippen LogP contribution in [-0.4, -0.2) is 32.9 Å². The first-order chi connectivity index (χ1) is 8.63. The number of hydrogen-bond acceptors (Lipinski definition) is 3. The largest absolute Gasteiger partial charge is 0.401 e. The van der Waals surface area contributed by atoms with E-state index in [1.807, 2.05) is 6.92 Å². The van der Waals surface area contributed by atoms with Crippen LogP contribution in [0.25, 0.3) is 0 Å². The summed E-state index contributed by atoms with van der Waals surface area (Å²) in [5.74, 6) is 0. The fourth-order valence-electron chi connectivity index (χ4n) is 1.49. The normalized spacial score (nSPS) is 14.4. The molecule has 7 heteroatoms. The lowest BCUT2D eigenvalue weighted by Crippen LogP contribution is -2.36. The second kappa shape index (κ2) is 5.92. The van der Waals surface area contributed by atoms with Gasteiger partial charge in [0.1, 0.15) is 0 Å². The van der Waals surface area contributed by atoms with Crippen molar-refractivity contribution in [3.8, 4) is 0 Å². The molecular weight excluding hydrogens is 279 g/mol. The molecule has 0 bridgehead atoms. The average molecular weight is 295 g/mol. The monoisotopic (exact) mass is 295 g/mol. The summed E-state index contributed by atoms with van der Waals surface area (Å²) in [6, 6.07) is 6.24. The van der Waals surface area contributed by atoms with Crippen molar-refractivity contribution >= 4 is 9.84 Å². The first-order valence-electron chi connectivity index (χ1n) is 5.71. The van der Waals surface area contributed by atoms with Gasteiger partial charge in [-0.25, -0.2) is 8.42 Å². The molecule has 0 saturated heterocycles. The number of halogens is 3. The fraction of sp³-hybridized carbons (Fsp3) is 0.500. The molecule has 0 saturated carbocycles.